The number of esters is 1. The first-order valence-electron chi connectivity index (χ1n) is 9.89. The first kappa shape index (κ1) is 23.2. The molecule has 0 heterocycles. The predicted octanol–water partition coefficient (Wildman–Crippen LogP) is 3.15. The first-order valence-corrected chi connectivity index (χ1v) is 11.3. The van der Waals surface area contributed by atoms with Gasteiger partial charge in [-0.05, 0) is 29.8 Å². The average Bonchev–Trinajstić information content (AvgIpc) is 2.82. The van der Waals surface area contributed by atoms with Gasteiger partial charge < -0.3 is 10.1 Å². The highest BCUT2D eigenvalue weighted by atomic mass is 32.2. The Labute approximate surface area is 187 Å². The number of rotatable bonds is 8. The molecule has 0 radical (unpaired) electrons. The SMILES string of the molecule is CN(C)S(=O)(=O)c1ccc(C(=O)O[C@H](C(=O)NCc2ccccc2)c2ccccc2)cc1. The summed E-state index contributed by atoms with van der Waals surface area (Å²) in [5, 5.41) is 2.79. The van der Waals surface area contributed by atoms with Crippen LogP contribution in [-0.4, -0.2) is 38.7 Å². The van der Waals surface area contributed by atoms with Crippen LogP contribution in [0.25, 0.3) is 0 Å². The third-order valence-electron chi connectivity index (χ3n) is 4.74. The van der Waals surface area contributed by atoms with Gasteiger partial charge in [-0.1, -0.05) is 60.7 Å². The lowest BCUT2D eigenvalue weighted by Gasteiger charge is -2.18. The number of carbonyl (C=O) groups is 2. The molecule has 0 saturated carbocycles. The lowest BCUT2D eigenvalue weighted by atomic mass is 10.1. The van der Waals surface area contributed by atoms with Crippen molar-refractivity contribution >= 4 is 21.9 Å². The van der Waals surface area contributed by atoms with Crippen LogP contribution < -0.4 is 5.32 Å². The Balaban J connectivity index is 1.77. The van der Waals surface area contributed by atoms with E-state index in [1.54, 1.807) is 30.3 Å². The maximum Gasteiger partial charge on any atom is 0.339 e. The van der Waals surface area contributed by atoms with E-state index in [2.05, 4.69) is 5.32 Å². The van der Waals surface area contributed by atoms with Crippen LogP contribution >= 0.6 is 0 Å². The highest BCUT2D eigenvalue weighted by molar-refractivity contribution is 7.89. The number of ether oxygens (including phenoxy) is 1. The van der Waals surface area contributed by atoms with Crippen molar-refractivity contribution < 1.29 is 22.7 Å². The minimum absolute atomic E-state index is 0.0549. The first-order chi connectivity index (χ1) is 15.3. The van der Waals surface area contributed by atoms with Crippen molar-refractivity contribution in [3.8, 4) is 0 Å². The van der Waals surface area contributed by atoms with E-state index in [4.69, 9.17) is 4.74 Å². The van der Waals surface area contributed by atoms with Crippen molar-refractivity contribution in [2.45, 2.75) is 17.5 Å². The fourth-order valence-electron chi connectivity index (χ4n) is 2.93. The molecule has 3 rings (SSSR count). The second-order valence-electron chi connectivity index (χ2n) is 7.21. The zero-order chi connectivity index (χ0) is 23.1. The van der Waals surface area contributed by atoms with Crippen LogP contribution in [0.15, 0.2) is 89.8 Å². The minimum Gasteiger partial charge on any atom is -0.444 e. The number of hydrogen-bond acceptors (Lipinski definition) is 5. The molecule has 0 spiro atoms. The number of hydrogen-bond donors (Lipinski definition) is 1. The van der Waals surface area contributed by atoms with E-state index >= 15 is 0 Å². The molecule has 0 aliphatic rings. The van der Waals surface area contributed by atoms with E-state index in [-0.39, 0.29) is 17.0 Å². The van der Waals surface area contributed by atoms with E-state index < -0.39 is 28.0 Å². The van der Waals surface area contributed by atoms with Gasteiger partial charge in [-0.25, -0.2) is 17.5 Å². The molecule has 8 heteroatoms. The Bertz CT molecular complexity index is 1160. The highest BCUT2D eigenvalue weighted by Crippen LogP contribution is 2.21. The van der Waals surface area contributed by atoms with Gasteiger partial charge >= 0.3 is 5.97 Å². The van der Waals surface area contributed by atoms with Crippen LogP contribution in [0.4, 0.5) is 0 Å². The van der Waals surface area contributed by atoms with Gasteiger partial charge in [-0.15, -0.1) is 0 Å². The zero-order valence-electron chi connectivity index (χ0n) is 17.8. The van der Waals surface area contributed by atoms with Gasteiger partial charge in [-0.3, -0.25) is 4.79 Å². The van der Waals surface area contributed by atoms with Crippen molar-refractivity contribution in [1.82, 2.24) is 9.62 Å². The quantitative estimate of drug-likeness (QED) is 0.530. The molecule has 7 nitrogen and oxygen atoms in total. The highest BCUT2D eigenvalue weighted by Gasteiger charge is 2.26. The Morgan fingerprint density at radius 2 is 1.44 bits per heavy atom. The number of sulfonamides is 1. The molecule has 1 atom stereocenters. The molecule has 0 bridgehead atoms. The number of nitrogens with zero attached hydrogens (tertiary/aromatic N) is 1. The second-order valence-corrected chi connectivity index (χ2v) is 9.36. The minimum atomic E-state index is -3.62. The fourth-order valence-corrected chi connectivity index (χ4v) is 3.83. The van der Waals surface area contributed by atoms with E-state index in [9.17, 15) is 18.0 Å². The number of nitrogens with one attached hydrogen (secondary N) is 1. The van der Waals surface area contributed by atoms with E-state index in [1.165, 1.54) is 38.4 Å². The summed E-state index contributed by atoms with van der Waals surface area (Å²) in [6.07, 6.45) is -1.16. The largest absolute Gasteiger partial charge is 0.444 e. The lowest BCUT2D eigenvalue weighted by molar-refractivity contribution is -0.130. The summed E-state index contributed by atoms with van der Waals surface area (Å²) in [5.74, 6) is -1.19. The maximum atomic E-state index is 12.9. The molecule has 0 aliphatic heterocycles. The van der Waals surface area contributed by atoms with E-state index in [1.807, 2.05) is 30.3 Å². The topological polar surface area (TPSA) is 92.8 Å². The molecule has 0 aliphatic carbocycles. The zero-order valence-corrected chi connectivity index (χ0v) is 18.6. The second kappa shape index (κ2) is 10.2. The van der Waals surface area contributed by atoms with Gasteiger partial charge in [0, 0.05) is 26.2 Å². The Hall–Kier alpha value is -3.49. The molecular weight excluding hydrogens is 428 g/mol. The summed E-state index contributed by atoms with van der Waals surface area (Å²) >= 11 is 0. The van der Waals surface area contributed by atoms with Crippen LogP contribution in [0, 0.1) is 0 Å². The van der Waals surface area contributed by atoms with Gasteiger partial charge in [-0.2, -0.15) is 0 Å². The molecule has 0 aromatic heterocycles. The van der Waals surface area contributed by atoms with Crippen molar-refractivity contribution in [1.29, 1.82) is 0 Å². The molecule has 32 heavy (non-hydrogen) atoms. The third-order valence-corrected chi connectivity index (χ3v) is 6.57. The molecule has 1 N–H and O–H groups in total. The van der Waals surface area contributed by atoms with Gasteiger partial charge in [0.25, 0.3) is 5.91 Å². The van der Waals surface area contributed by atoms with Crippen molar-refractivity contribution in [3.05, 3.63) is 102 Å². The van der Waals surface area contributed by atoms with Crippen LogP contribution in [0.1, 0.15) is 27.6 Å². The summed E-state index contributed by atoms with van der Waals surface area (Å²) in [4.78, 5) is 25.7. The molecule has 1 amide bonds. The van der Waals surface area contributed by atoms with Crippen molar-refractivity contribution in [3.63, 3.8) is 0 Å². The average molecular weight is 453 g/mol. The molecule has 3 aromatic rings. The molecule has 166 valence electrons. The van der Waals surface area contributed by atoms with Crippen LogP contribution in [0.5, 0.6) is 0 Å². The number of carbonyl (C=O) groups excluding carboxylic acids is 2. The van der Waals surface area contributed by atoms with Crippen LogP contribution in [0.3, 0.4) is 0 Å². The summed E-state index contributed by atoms with van der Waals surface area (Å²) < 4.78 is 31.0. The van der Waals surface area contributed by atoms with Gasteiger partial charge in [0.05, 0.1) is 10.5 Å². The molecule has 0 saturated heterocycles. The van der Waals surface area contributed by atoms with Crippen LogP contribution in [-0.2, 0) is 26.1 Å². The van der Waals surface area contributed by atoms with E-state index in [0.717, 1.165) is 9.87 Å². The fraction of sp³-hybridized carbons (Fsp3) is 0.167. The third kappa shape index (κ3) is 5.60. The normalized spacial score (nSPS) is 12.2. The van der Waals surface area contributed by atoms with Gasteiger partial charge in [0.1, 0.15) is 0 Å². The Morgan fingerprint density at radius 1 is 0.875 bits per heavy atom. The van der Waals surface area contributed by atoms with Gasteiger partial charge in [0.15, 0.2) is 0 Å². The maximum absolute atomic E-state index is 12.9. The summed E-state index contributed by atoms with van der Waals surface area (Å²) in [5.41, 5.74) is 1.58. The summed E-state index contributed by atoms with van der Waals surface area (Å²) in [7, 11) is -0.762. The number of benzene rings is 3. The van der Waals surface area contributed by atoms with E-state index in [0.29, 0.717) is 5.56 Å². The van der Waals surface area contributed by atoms with Gasteiger partial charge in [0.2, 0.25) is 16.1 Å². The van der Waals surface area contributed by atoms with Crippen molar-refractivity contribution in [2.75, 3.05) is 14.1 Å². The molecule has 0 fully saturated rings. The lowest BCUT2D eigenvalue weighted by Crippen LogP contribution is -2.31. The van der Waals surface area contributed by atoms with Crippen LogP contribution in [0.2, 0.25) is 0 Å². The monoisotopic (exact) mass is 452 g/mol. The Morgan fingerprint density at radius 3 is 2.00 bits per heavy atom. The predicted molar refractivity (Wildman–Crippen MR) is 120 cm³/mol. The molecule has 3 aromatic carbocycles. The summed E-state index contributed by atoms with van der Waals surface area (Å²) in [6.45, 7) is 0.289. The molecule has 0 unspecified atom stereocenters. The summed E-state index contributed by atoms with van der Waals surface area (Å²) in [6, 6.07) is 23.5. The Kier molecular flexibility index (Phi) is 7.40. The standard InChI is InChI=1S/C24H24N2O5S/c1-26(2)32(29,30)21-15-13-20(14-16-21)24(28)31-22(19-11-7-4-8-12-19)23(27)25-17-18-9-5-3-6-10-18/h3-16,22H,17H2,1-2H3,(H,25,27)/t22-/m0/s1. The van der Waals surface area contributed by atoms with Crippen molar-refractivity contribution in [2.24, 2.45) is 0 Å². The smallest absolute Gasteiger partial charge is 0.339 e. The number of amides is 1. The molecular formula is C24H24N2O5S.